The highest BCUT2D eigenvalue weighted by Crippen LogP contribution is 2.24. The van der Waals surface area contributed by atoms with Crippen LogP contribution >= 0.6 is 0 Å². The van der Waals surface area contributed by atoms with E-state index in [2.05, 4.69) is 40.3 Å². The number of aromatic amines is 1. The first-order valence-electron chi connectivity index (χ1n) is 12.1. The molecule has 0 atom stereocenters. The summed E-state index contributed by atoms with van der Waals surface area (Å²) >= 11 is 0. The number of carbonyl (C=O) groups excluding carboxylic acids is 2. The average molecular weight is 538 g/mol. The van der Waals surface area contributed by atoms with Crippen molar-refractivity contribution < 1.29 is 32.5 Å². The third-order valence-corrected chi connectivity index (χ3v) is 5.49. The molecule has 208 valence electrons. The van der Waals surface area contributed by atoms with Crippen LogP contribution in [0.2, 0.25) is 0 Å². The second kappa shape index (κ2) is 13.2. The number of aryl methyl sites for hydroxylation is 1. The van der Waals surface area contributed by atoms with Gasteiger partial charge in [0, 0.05) is 34.2 Å². The Kier molecular flexibility index (Phi) is 10.1. The van der Waals surface area contributed by atoms with Crippen LogP contribution in [-0.2, 0) is 22.4 Å². The molecule has 0 bridgehead atoms. The number of halogens is 2. The van der Waals surface area contributed by atoms with Crippen LogP contribution in [0.15, 0.2) is 22.8 Å². The lowest BCUT2D eigenvalue weighted by atomic mass is 10.1. The number of benzene rings is 1. The van der Waals surface area contributed by atoms with Crippen LogP contribution in [0.3, 0.4) is 0 Å². The number of aromatic nitrogens is 4. The number of urea groups is 1. The van der Waals surface area contributed by atoms with Gasteiger partial charge in [-0.05, 0) is 42.6 Å². The molecule has 2 aliphatic rings. The van der Waals surface area contributed by atoms with Crippen molar-refractivity contribution in [3.8, 4) is 0 Å². The normalized spacial score (nSPS) is 16.2. The molecule has 2 aromatic heterocycles. The quantitative estimate of drug-likeness (QED) is 0.416. The zero-order valence-corrected chi connectivity index (χ0v) is 21.8. The molecule has 38 heavy (non-hydrogen) atoms. The summed E-state index contributed by atoms with van der Waals surface area (Å²) < 4.78 is 41.1. The summed E-state index contributed by atoms with van der Waals surface area (Å²) in [5.41, 5.74) is 3.17. The first-order valence-corrected chi connectivity index (χ1v) is 12.1. The van der Waals surface area contributed by atoms with E-state index in [1.807, 2.05) is 18.2 Å². The molecule has 3 heterocycles. The molecule has 3 N–H and O–H groups in total. The molecule has 12 nitrogen and oxygen atoms in total. The number of nitrogens with one attached hydrogen (secondary N) is 3. The maximum Gasteiger partial charge on any atom is 0.318 e. The number of carbonyl (C=O) groups is 2. The number of nitrogens with zero attached hydrogens (tertiary/aromatic N) is 4. The SMILES string of the molecule is CNC(=O)c1nonc1C.COC.O=C1NCC(F)(F)CN1Cc1ccc2nc(CCOC3CC3)[nH]c2c1. The molecular weight excluding hydrogens is 504 g/mol. The lowest BCUT2D eigenvalue weighted by molar-refractivity contribution is -0.0367. The first kappa shape index (κ1) is 28.9. The molecule has 2 fully saturated rings. The van der Waals surface area contributed by atoms with Crippen molar-refractivity contribution in [2.75, 3.05) is 41.0 Å². The maximum atomic E-state index is 13.5. The number of rotatable bonds is 7. The number of fused-ring (bicyclic) bond motifs is 1. The summed E-state index contributed by atoms with van der Waals surface area (Å²) in [6.07, 6.45) is 3.42. The number of alkyl halides is 2. The third kappa shape index (κ3) is 8.45. The Morgan fingerprint density at radius 1 is 1.29 bits per heavy atom. The van der Waals surface area contributed by atoms with Gasteiger partial charge in [-0.15, -0.1) is 0 Å². The number of hydrogen-bond donors (Lipinski definition) is 3. The monoisotopic (exact) mass is 537 g/mol. The molecule has 3 aromatic rings. The van der Waals surface area contributed by atoms with Gasteiger partial charge in [-0.25, -0.2) is 23.2 Å². The summed E-state index contributed by atoms with van der Waals surface area (Å²) in [5, 5.41) is 11.5. The second-order valence-electron chi connectivity index (χ2n) is 8.91. The highest BCUT2D eigenvalue weighted by atomic mass is 19.3. The first-order chi connectivity index (χ1) is 18.2. The van der Waals surface area contributed by atoms with Crippen molar-refractivity contribution in [3.63, 3.8) is 0 Å². The summed E-state index contributed by atoms with van der Waals surface area (Å²) in [6.45, 7) is 1.26. The predicted molar refractivity (Wildman–Crippen MR) is 133 cm³/mol. The summed E-state index contributed by atoms with van der Waals surface area (Å²) in [4.78, 5) is 31.5. The summed E-state index contributed by atoms with van der Waals surface area (Å²) in [5.74, 6) is -2.34. The molecule has 1 saturated heterocycles. The van der Waals surface area contributed by atoms with E-state index in [1.54, 1.807) is 21.1 Å². The van der Waals surface area contributed by atoms with Gasteiger partial charge in [-0.2, -0.15) is 0 Å². The topological polar surface area (TPSA) is 148 Å². The Morgan fingerprint density at radius 3 is 2.66 bits per heavy atom. The van der Waals surface area contributed by atoms with Crippen LogP contribution in [-0.4, -0.2) is 90.1 Å². The average Bonchev–Trinajstić information content (AvgIpc) is 3.45. The molecule has 14 heteroatoms. The molecular formula is C24H33F2N7O5. The zero-order valence-electron chi connectivity index (χ0n) is 21.8. The van der Waals surface area contributed by atoms with E-state index in [-0.39, 0.29) is 18.1 Å². The zero-order chi connectivity index (χ0) is 27.7. The Hall–Kier alpha value is -3.65. The largest absolute Gasteiger partial charge is 0.388 e. The minimum Gasteiger partial charge on any atom is -0.388 e. The van der Waals surface area contributed by atoms with Crippen molar-refractivity contribution in [2.45, 2.75) is 44.8 Å². The van der Waals surface area contributed by atoms with E-state index in [0.717, 1.165) is 40.2 Å². The fraction of sp³-hybridized carbons (Fsp3) is 0.542. The smallest absolute Gasteiger partial charge is 0.318 e. The molecule has 0 radical (unpaired) electrons. The van der Waals surface area contributed by atoms with E-state index >= 15 is 0 Å². The molecule has 1 aliphatic heterocycles. The molecule has 1 aliphatic carbocycles. The minimum atomic E-state index is -2.90. The molecule has 1 saturated carbocycles. The van der Waals surface area contributed by atoms with Crippen molar-refractivity contribution in [2.24, 2.45) is 0 Å². The van der Waals surface area contributed by atoms with Crippen molar-refractivity contribution in [1.82, 2.24) is 35.8 Å². The lowest BCUT2D eigenvalue weighted by Gasteiger charge is -2.32. The van der Waals surface area contributed by atoms with Gasteiger partial charge in [0.05, 0.1) is 36.8 Å². The number of hydrogen-bond acceptors (Lipinski definition) is 8. The standard InChI is InChI=1S/C17H20F2N4O2.C5H7N3O2.C2H6O/c18-17(19)9-20-16(24)23(10-17)8-11-1-4-13-14(7-11)22-15(21-13)5-6-25-12-2-3-12;1-3-4(5(9)6-2)8-10-7-3;1-3-2/h1,4,7,12H,2-3,5-6,8-10H2,(H,20,24)(H,21,22);1-2H3,(H,6,9);1-2H3. The summed E-state index contributed by atoms with van der Waals surface area (Å²) in [6, 6.07) is 5.04. The van der Waals surface area contributed by atoms with E-state index in [4.69, 9.17) is 4.74 Å². The third-order valence-electron chi connectivity index (χ3n) is 5.49. The van der Waals surface area contributed by atoms with Gasteiger partial charge in [-0.3, -0.25) is 4.79 Å². The lowest BCUT2D eigenvalue weighted by Crippen LogP contribution is -2.56. The van der Waals surface area contributed by atoms with E-state index in [0.29, 0.717) is 24.8 Å². The fourth-order valence-corrected chi connectivity index (χ4v) is 3.51. The Balaban J connectivity index is 0.000000257. The molecule has 0 spiro atoms. The van der Waals surface area contributed by atoms with Gasteiger partial charge >= 0.3 is 6.03 Å². The molecule has 3 amide bonds. The van der Waals surface area contributed by atoms with Crippen molar-refractivity contribution >= 4 is 23.0 Å². The van der Waals surface area contributed by atoms with E-state index in [1.165, 1.54) is 7.05 Å². The number of amides is 3. The molecule has 1 aromatic carbocycles. The Labute approximate surface area is 218 Å². The maximum absolute atomic E-state index is 13.5. The number of methoxy groups -OCH3 is 1. The van der Waals surface area contributed by atoms with Gasteiger partial charge in [0.1, 0.15) is 11.5 Å². The van der Waals surface area contributed by atoms with Crippen molar-refractivity contribution in [1.29, 1.82) is 0 Å². The summed E-state index contributed by atoms with van der Waals surface area (Å²) in [7, 11) is 4.77. The van der Waals surface area contributed by atoms with E-state index < -0.39 is 25.0 Å². The highest BCUT2D eigenvalue weighted by Gasteiger charge is 2.38. The molecule has 0 unspecified atom stereocenters. The van der Waals surface area contributed by atoms with Crippen molar-refractivity contribution in [3.05, 3.63) is 41.0 Å². The van der Waals surface area contributed by atoms with Crippen LogP contribution in [0.25, 0.3) is 11.0 Å². The van der Waals surface area contributed by atoms with Gasteiger partial charge in [0.15, 0.2) is 5.69 Å². The van der Waals surface area contributed by atoms with Crippen LogP contribution in [0.5, 0.6) is 0 Å². The second-order valence-corrected chi connectivity index (χ2v) is 8.91. The van der Waals surface area contributed by atoms with Crippen LogP contribution in [0, 0.1) is 6.92 Å². The number of imidazole rings is 1. The van der Waals surface area contributed by atoms with Crippen LogP contribution < -0.4 is 10.6 Å². The predicted octanol–water partition coefficient (Wildman–Crippen LogP) is 2.45. The van der Waals surface area contributed by atoms with E-state index in [9.17, 15) is 18.4 Å². The van der Waals surface area contributed by atoms with Crippen LogP contribution in [0.1, 0.15) is 40.4 Å². The van der Waals surface area contributed by atoms with Gasteiger partial charge < -0.3 is 30.0 Å². The fourth-order valence-electron chi connectivity index (χ4n) is 3.51. The highest BCUT2D eigenvalue weighted by molar-refractivity contribution is 5.92. The molecule has 5 rings (SSSR count). The Morgan fingerprint density at radius 2 is 2.03 bits per heavy atom. The minimum absolute atomic E-state index is 0.135. The number of ether oxygens (including phenoxy) is 2. The van der Waals surface area contributed by atoms with Gasteiger partial charge in [0.25, 0.3) is 11.8 Å². The Bertz CT molecular complexity index is 1210. The van der Waals surface area contributed by atoms with Gasteiger partial charge in [-0.1, -0.05) is 11.2 Å². The number of H-pyrrole nitrogens is 1. The van der Waals surface area contributed by atoms with Gasteiger partial charge in [0.2, 0.25) is 0 Å². The van der Waals surface area contributed by atoms with Crippen LogP contribution in [0.4, 0.5) is 13.6 Å².